The molecule has 5 rings (SSSR count). The van der Waals surface area contributed by atoms with E-state index in [0.717, 1.165) is 6.92 Å². The smallest absolute Gasteiger partial charge is 0.302 e. The number of aromatic hydroxyl groups is 1. The largest absolute Gasteiger partial charge is 0.507 e. The lowest BCUT2D eigenvalue weighted by Crippen LogP contribution is -2.64. The van der Waals surface area contributed by atoms with Gasteiger partial charge in [-0.1, -0.05) is 24.3 Å². The summed E-state index contributed by atoms with van der Waals surface area (Å²) in [6, 6.07) is 7.37. The van der Waals surface area contributed by atoms with Crippen molar-refractivity contribution in [1.29, 1.82) is 0 Å². The van der Waals surface area contributed by atoms with Gasteiger partial charge in [0, 0.05) is 29.2 Å². The van der Waals surface area contributed by atoms with E-state index in [0.29, 0.717) is 0 Å². The van der Waals surface area contributed by atoms with Gasteiger partial charge in [0.2, 0.25) is 6.29 Å². The SMILES string of the molecule is CC(=O)OC[C@H]1O[C@@H](Oc2cc3c(c(O)c2C)C(=O)c2ccccc2C3=O)[C@H](O[C@@H]2O[C@@H](C)[C@H](O)[C@@H](O)[C@H]2O)[C@@H](O)[C@@H]1O. The first kappa shape index (κ1) is 31.0. The third-order valence-electron chi connectivity index (χ3n) is 7.83. The normalized spacial score (nSPS) is 33.9. The van der Waals surface area contributed by atoms with Gasteiger partial charge in [-0.05, 0) is 19.9 Å². The first-order valence-corrected chi connectivity index (χ1v) is 13.5. The molecule has 0 unspecified atom stereocenters. The number of carbonyl (C=O) groups is 3. The zero-order chi connectivity index (χ0) is 31.3. The van der Waals surface area contributed by atoms with Crippen LogP contribution < -0.4 is 4.74 Å². The van der Waals surface area contributed by atoms with Crippen LogP contribution in [0.2, 0.25) is 0 Å². The Morgan fingerprint density at radius 3 is 2.16 bits per heavy atom. The number of rotatable bonds is 6. The Hall–Kier alpha value is -3.47. The van der Waals surface area contributed by atoms with Crippen LogP contribution >= 0.6 is 0 Å². The van der Waals surface area contributed by atoms with E-state index in [1.165, 1.54) is 32.0 Å². The van der Waals surface area contributed by atoms with Crippen molar-refractivity contribution in [3.8, 4) is 11.5 Å². The molecule has 2 fully saturated rings. The predicted octanol–water partition coefficient (Wildman–Crippen LogP) is -0.923. The van der Waals surface area contributed by atoms with Crippen molar-refractivity contribution in [3.05, 3.63) is 58.1 Å². The molecule has 2 heterocycles. The first-order valence-electron chi connectivity index (χ1n) is 13.5. The fourth-order valence-corrected chi connectivity index (χ4v) is 5.32. The molecule has 3 aliphatic rings. The second kappa shape index (κ2) is 11.9. The molecule has 14 heteroatoms. The van der Waals surface area contributed by atoms with Gasteiger partial charge in [-0.15, -0.1) is 0 Å². The van der Waals surface area contributed by atoms with Gasteiger partial charge < -0.3 is 54.3 Å². The number of ether oxygens (including phenoxy) is 5. The van der Waals surface area contributed by atoms with E-state index in [-0.39, 0.29) is 33.6 Å². The van der Waals surface area contributed by atoms with E-state index in [1.807, 2.05) is 0 Å². The number of fused-ring (bicyclic) bond motifs is 2. The van der Waals surface area contributed by atoms with Gasteiger partial charge in [0.25, 0.3) is 0 Å². The Morgan fingerprint density at radius 2 is 1.51 bits per heavy atom. The van der Waals surface area contributed by atoms with Crippen molar-refractivity contribution in [2.45, 2.75) is 82.2 Å². The van der Waals surface area contributed by atoms with Crippen molar-refractivity contribution in [2.24, 2.45) is 0 Å². The molecule has 2 aliphatic heterocycles. The number of carbonyl (C=O) groups excluding carboxylic acids is 3. The van der Waals surface area contributed by atoms with Crippen molar-refractivity contribution in [3.63, 3.8) is 0 Å². The highest BCUT2D eigenvalue weighted by molar-refractivity contribution is 6.29. The van der Waals surface area contributed by atoms with Crippen molar-refractivity contribution in [1.82, 2.24) is 0 Å². The zero-order valence-electron chi connectivity index (χ0n) is 23.3. The summed E-state index contributed by atoms with van der Waals surface area (Å²) in [5.41, 5.74) is -0.0774. The molecule has 6 N–H and O–H groups in total. The van der Waals surface area contributed by atoms with Gasteiger partial charge in [0.1, 0.15) is 54.7 Å². The first-order chi connectivity index (χ1) is 20.3. The molecule has 0 spiro atoms. The molecular weight excluding hydrogens is 572 g/mol. The van der Waals surface area contributed by atoms with Gasteiger partial charge in [-0.3, -0.25) is 14.4 Å². The molecule has 14 nitrogen and oxygen atoms in total. The molecule has 232 valence electrons. The van der Waals surface area contributed by atoms with Gasteiger partial charge in [-0.2, -0.15) is 0 Å². The molecule has 2 saturated heterocycles. The number of aliphatic hydroxyl groups is 5. The molecule has 0 bridgehead atoms. The van der Waals surface area contributed by atoms with Crippen LogP contribution in [0.4, 0.5) is 0 Å². The number of phenolic OH excluding ortho intramolecular Hbond substituents is 1. The molecule has 2 aromatic rings. The van der Waals surface area contributed by atoms with E-state index in [9.17, 15) is 45.0 Å². The van der Waals surface area contributed by atoms with Crippen LogP contribution in [0.15, 0.2) is 30.3 Å². The van der Waals surface area contributed by atoms with Gasteiger partial charge in [0.05, 0.1) is 11.7 Å². The number of esters is 1. The summed E-state index contributed by atoms with van der Waals surface area (Å²) in [5, 5.41) is 63.6. The van der Waals surface area contributed by atoms with Crippen LogP contribution in [0.25, 0.3) is 0 Å². The van der Waals surface area contributed by atoms with Crippen LogP contribution in [0.1, 0.15) is 51.3 Å². The summed E-state index contributed by atoms with van der Waals surface area (Å²) >= 11 is 0. The number of benzene rings is 2. The summed E-state index contributed by atoms with van der Waals surface area (Å²) in [5.74, 6) is -2.49. The van der Waals surface area contributed by atoms with Crippen LogP contribution in [0.3, 0.4) is 0 Å². The average Bonchev–Trinajstić information content (AvgIpc) is 2.98. The Bertz CT molecular complexity index is 1420. The molecule has 43 heavy (non-hydrogen) atoms. The Kier molecular flexibility index (Phi) is 8.57. The molecular formula is C29H32O14. The van der Waals surface area contributed by atoms with Crippen molar-refractivity contribution < 1.29 is 68.7 Å². The van der Waals surface area contributed by atoms with E-state index < -0.39 is 91.3 Å². The molecule has 0 aromatic heterocycles. The van der Waals surface area contributed by atoms with Gasteiger partial charge in [-0.25, -0.2) is 0 Å². The Balaban J connectivity index is 1.50. The summed E-state index contributed by atoms with van der Waals surface area (Å²) in [6.07, 6.45) is -15.7. The molecule has 2 aromatic carbocycles. The second-order valence-electron chi connectivity index (χ2n) is 10.7. The van der Waals surface area contributed by atoms with Crippen molar-refractivity contribution >= 4 is 17.5 Å². The number of hydrogen-bond donors (Lipinski definition) is 6. The van der Waals surface area contributed by atoms with Crippen molar-refractivity contribution in [2.75, 3.05) is 6.61 Å². The third-order valence-corrected chi connectivity index (χ3v) is 7.83. The van der Waals surface area contributed by atoms with Crippen LogP contribution in [-0.4, -0.2) is 116 Å². The van der Waals surface area contributed by atoms with Crippen LogP contribution in [0, 0.1) is 6.92 Å². The summed E-state index contributed by atoms with van der Waals surface area (Å²) < 4.78 is 28.0. The Morgan fingerprint density at radius 1 is 0.860 bits per heavy atom. The minimum atomic E-state index is -1.81. The lowest BCUT2D eigenvalue weighted by atomic mass is 9.82. The monoisotopic (exact) mass is 604 g/mol. The lowest BCUT2D eigenvalue weighted by molar-refractivity contribution is -0.354. The van der Waals surface area contributed by atoms with Crippen LogP contribution in [0.5, 0.6) is 11.5 Å². The lowest BCUT2D eigenvalue weighted by Gasteiger charge is -2.45. The molecule has 0 saturated carbocycles. The standard InChI is InChI=1S/C29H32O14/c1-10-16(8-15-18(19(10)31)22(34)14-7-5-4-6-13(14)21(15)33)41-29-27(25(37)23(35)17(42-29)9-39-12(3)30)43-28-26(38)24(36)20(32)11(2)40-28/h4-8,11,17,20,23-29,31-32,35-38H,9H2,1-3H3/t11-,17+,20-,23+,24+,25-,26+,27+,28-,29+/m0/s1. The number of aliphatic hydroxyl groups excluding tert-OH is 5. The van der Waals surface area contributed by atoms with Crippen LogP contribution in [-0.2, 0) is 23.7 Å². The highest BCUT2D eigenvalue weighted by Crippen LogP contribution is 2.41. The fourth-order valence-electron chi connectivity index (χ4n) is 5.32. The van der Waals surface area contributed by atoms with E-state index in [4.69, 9.17) is 23.7 Å². The number of ketones is 2. The average molecular weight is 605 g/mol. The third kappa shape index (κ3) is 5.52. The quantitative estimate of drug-likeness (QED) is 0.188. The van der Waals surface area contributed by atoms with E-state index >= 15 is 0 Å². The summed E-state index contributed by atoms with van der Waals surface area (Å²) in [4.78, 5) is 37.9. The molecule has 0 amide bonds. The molecule has 10 atom stereocenters. The highest BCUT2D eigenvalue weighted by atomic mass is 16.8. The Labute approximate surface area is 244 Å². The number of phenols is 1. The molecule has 0 radical (unpaired) electrons. The highest BCUT2D eigenvalue weighted by Gasteiger charge is 2.51. The van der Waals surface area contributed by atoms with E-state index in [2.05, 4.69) is 0 Å². The van der Waals surface area contributed by atoms with E-state index in [1.54, 1.807) is 12.1 Å². The topological polar surface area (TPSA) is 219 Å². The number of hydrogen-bond acceptors (Lipinski definition) is 14. The van der Waals surface area contributed by atoms with Gasteiger partial charge >= 0.3 is 5.97 Å². The predicted molar refractivity (Wildman–Crippen MR) is 141 cm³/mol. The maximum absolute atomic E-state index is 13.3. The minimum Gasteiger partial charge on any atom is -0.507 e. The molecule has 1 aliphatic carbocycles. The fraction of sp³-hybridized carbons (Fsp3) is 0.483. The summed E-state index contributed by atoms with van der Waals surface area (Å²) in [6.45, 7) is 3.46. The second-order valence-corrected chi connectivity index (χ2v) is 10.7. The van der Waals surface area contributed by atoms with Gasteiger partial charge in [0.15, 0.2) is 24.0 Å². The maximum Gasteiger partial charge on any atom is 0.302 e. The zero-order valence-corrected chi connectivity index (χ0v) is 23.3. The minimum absolute atomic E-state index is 0.0277. The maximum atomic E-state index is 13.3. The summed E-state index contributed by atoms with van der Waals surface area (Å²) in [7, 11) is 0.